The molecule has 1 unspecified atom stereocenters. The van der Waals surface area contributed by atoms with Gasteiger partial charge >= 0.3 is 13.6 Å². The van der Waals surface area contributed by atoms with Gasteiger partial charge in [-0.15, -0.1) is 4.67 Å². The highest BCUT2D eigenvalue weighted by atomic mass is 31.2. The Morgan fingerprint density at radius 2 is 2.00 bits per heavy atom. The molecule has 0 radical (unpaired) electrons. The lowest BCUT2D eigenvalue weighted by Gasteiger charge is -2.19. The molecule has 2 fully saturated rings. The van der Waals surface area contributed by atoms with E-state index in [1.807, 2.05) is 0 Å². The van der Waals surface area contributed by atoms with Gasteiger partial charge in [0.1, 0.15) is 37.3 Å². The van der Waals surface area contributed by atoms with Gasteiger partial charge in [0.2, 0.25) is 0 Å². The van der Waals surface area contributed by atoms with Crippen LogP contribution in [-0.2, 0) is 23.6 Å². The van der Waals surface area contributed by atoms with Crippen LogP contribution in [-0.4, -0.2) is 87.6 Å². The molecular weight excluding hydrogens is 471 g/mol. The van der Waals surface area contributed by atoms with Crippen molar-refractivity contribution < 1.29 is 43.4 Å². The lowest BCUT2D eigenvalue weighted by molar-refractivity contribution is -0.238. The second kappa shape index (κ2) is 10.8. The third-order valence-electron chi connectivity index (χ3n) is 5.80. The summed E-state index contributed by atoms with van der Waals surface area (Å²) in [5.41, 5.74) is 0.449. The minimum absolute atomic E-state index is 0.146. The van der Waals surface area contributed by atoms with Crippen LogP contribution in [0.2, 0.25) is 0 Å². The first-order valence-electron chi connectivity index (χ1n) is 11.2. The summed E-state index contributed by atoms with van der Waals surface area (Å²) < 4.78 is 33.7. The molecule has 0 amide bonds. The Bertz CT molecular complexity index is 1010. The summed E-state index contributed by atoms with van der Waals surface area (Å²) in [6.07, 6.45) is 1.45. The van der Waals surface area contributed by atoms with Crippen LogP contribution in [0.4, 0.5) is 5.82 Å². The standard InChI is InChI=1S/C20H31N4O9P/c1-29-9-10-30-20-22-17(21-12-5-3-4-6-12)13-7-8-24(18(13)23-20)19-16(26)15(25)14(32-19)11-31-33-34(2,27)28/h7-8,12,14-16,19,25-26H,3-6,9-11H2,1-2H3,(H,27,28)(H,21,22,23)/t14-,15-,16-,19-/m1/s1. The van der Waals surface area contributed by atoms with E-state index < -0.39 is 32.1 Å². The third-order valence-corrected chi connectivity index (χ3v) is 6.18. The maximum atomic E-state index is 11.2. The highest BCUT2D eigenvalue weighted by Crippen LogP contribution is 2.38. The molecule has 1 saturated carbocycles. The quantitative estimate of drug-likeness (QED) is 0.150. The van der Waals surface area contributed by atoms with Crippen LogP contribution in [0.5, 0.6) is 6.01 Å². The Hall–Kier alpha value is -1.83. The van der Waals surface area contributed by atoms with E-state index in [4.69, 9.17) is 19.1 Å². The number of hydrogen-bond donors (Lipinski definition) is 4. The van der Waals surface area contributed by atoms with Crippen LogP contribution < -0.4 is 10.1 Å². The summed E-state index contributed by atoms with van der Waals surface area (Å²) >= 11 is 0. The summed E-state index contributed by atoms with van der Waals surface area (Å²) in [6.45, 7) is 1.23. The van der Waals surface area contributed by atoms with Gasteiger partial charge in [-0.2, -0.15) is 9.97 Å². The molecular formula is C20H31N4O9P. The van der Waals surface area contributed by atoms with E-state index in [1.54, 1.807) is 23.9 Å². The molecule has 5 atom stereocenters. The molecule has 4 N–H and O–H groups in total. The van der Waals surface area contributed by atoms with Crippen molar-refractivity contribution in [2.75, 3.05) is 38.9 Å². The average Bonchev–Trinajstić information content (AvgIpc) is 3.50. The van der Waals surface area contributed by atoms with Gasteiger partial charge in [0.25, 0.3) is 0 Å². The zero-order valence-electron chi connectivity index (χ0n) is 19.1. The predicted molar refractivity (Wildman–Crippen MR) is 119 cm³/mol. The van der Waals surface area contributed by atoms with Crippen LogP contribution in [0.15, 0.2) is 12.3 Å². The highest BCUT2D eigenvalue weighted by molar-refractivity contribution is 7.51. The first-order chi connectivity index (χ1) is 16.3. The molecule has 13 nitrogen and oxygen atoms in total. The van der Waals surface area contributed by atoms with Gasteiger partial charge in [-0.1, -0.05) is 12.8 Å². The topological polar surface area (TPSA) is 167 Å². The smallest absolute Gasteiger partial charge is 0.352 e. The van der Waals surface area contributed by atoms with Crippen molar-refractivity contribution >= 4 is 24.4 Å². The lowest BCUT2D eigenvalue weighted by Crippen LogP contribution is -2.33. The normalized spacial score (nSPS) is 27.3. The minimum Gasteiger partial charge on any atom is -0.461 e. The molecule has 0 spiro atoms. The maximum Gasteiger partial charge on any atom is 0.352 e. The van der Waals surface area contributed by atoms with Crippen molar-refractivity contribution in [1.82, 2.24) is 14.5 Å². The number of anilines is 1. The molecule has 1 saturated heterocycles. The summed E-state index contributed by atoms with van der Waals surface area (Å²) in [7, 11) is -2.29. The molecule has 1 aliphatic carbocycles. The van der Waals surface area contributed by atoms with Crippen LogP contribution in [0.25, 0.3) is 11.0 Å². The molecule has 34 heavy (non-hydrogen) atoms. The number of nitrogens with zero attached hydrogens (tertiary/aromatic N) is 3. The lowest BCUT2D eigenvalue weighted by atomic mass is 10.1. The van der Waals surface area contributed by atoms with Gasteiger partial charge in [0.05, 0.1) is 12.0 Å². The van der Waals surface area contributed by atoms with Gasteiger partial charge in [-0.3, -0.25) is 4.57 Å². The monoisotopic (exact) mass is 502 g/mol. The first-order valence-corrected chi connectivity index (χ1v) is 13.2. The Kier molecular flexibility index (Phi) is 8.05. The summed E-state index contributed by atoms with van der Waals surface area (Å²) in [6, 6.07) is 2.25. The van der Waals surface area contributed by atoms with Crippen molar-refractivity contribution in [2.24, 2.45) is 0 Å². The zero-order valence-corrected chi connectivity index (χ0v) is 20.0. The Balaban J connectivity index is 1.58. The minimum atomic E-state index is -3.86. The molecule has 4 rings (SSSR count). The van der Waals surface area contributed by atoms with Gasteiger partial charge in [-0.05, 0) is 18.9 Å². The molecule has 3 heterocycles. The van der Waals surface area contributed by atoms with E-state index in [0.29, 0.717) is 29.5 Å². The number of ether oxygens (including phenoxy) is 3. The number of hydrogen-bond acceptors (Lipinski definition) is 11. The van der Waals surface area contributed by atoms with Crippen LogP contribution in [0.1, 0.15) is 31.9 Å². The summed E-state index contributed by atoms with van der Waals surface area (Å²) in [5, 5.41) is 25.3. The second-order valence-electron chi connectivity index (χ2n) is 8.49. The summed E-state index contributed by atoms with van der Waals surface area (Å²) in [5.74, 6) is 0.617. The molecule has 2 aromatic heterocycles. The number of aromatic nitrogens is 3. The first kappa shape index (κ1) is 25.3. The van der Waals surface area contributed by atoms with E-state index in [1.165, 1.54) is 0 Å². The molecule has 14 heteroatoms. The molecule has 0 aromatic carbocycles. The number of nitrogens with one attached hydrogen (secondary N) is 1. The molecule has 190 valence electrons. The van der Waals surface area contributed by atoms with Gasteiger partial charge in [0.15, 0.2) is 11.9 Å². The van der Waals surface area contributed by atoms with E-state index in [0.717, 1.165) is 32.3 Å². The van der Waals surface area contributed by atoms with Gasteiger partial charge in [0, 0.05) is 26.0 Å². The molecule has 2 aliphatic rings. The zero-order chi connectivity index (χ0) is 24.3. The number of fused-ring (bicyclic) bond motifs is 1. The van der Waals surface area contributed by atoms with E-state index in [9.17, 15) is 19.7 Å². The highest BCUT2D eigenvalue weighted by Gasteiger charge is 2.44. The van der Waals surface area contributed by atoms with Gasteiger partial charge in [-0.25, -0.2) is 4.89 Å². The fourth-order valence-corrected chi connectivity index (χ4v) is 4.42. The summed E-state index contributed by atoms with van der Waals surface area (Å²) in [4.78, 5) is 22.9. The van der Waals surface area contributed by atoms with Crippen LogP contribution in [0.3, 0.4) is 0 Å². The Morgan fingerprint density at radius 1 is 1.24 bits per heavy atom. The predicted octanol–water partition coefficient (Wildman–Crippen LogP) is 1.19. The van der Waals surface area contributed by atoms with E-state index in [-0.39, 0.29) is 19.2 Å². The van der Waals surface area contributed by atoms with Gasteiger partial charge < -0.3 is 39.2 Å². The number of methoxy groups -OCH3 is 1. The fourth-order valence-electron chi connectivity index (χ4n) is 4.16. The number of aliphatic hydroxyl groups excluding tert-OH is 2. The van der Waals surface area contributed by atoms with E-state index >= 15 is 0 Å². The SMILES string of the molecule is COCCOc1nc(NC2CCCC2)c2ccn([C@@H]3O[C@H](COOP(C)(=O)O)[C@@H](O)[C@H]3O)c2n1. The maximum absolute atomic E-state index is 11.2. The van der Waals surface area contributed by atoms with Crippen molar-refractivity contribution in [2.45, 2.75) is 56.3 Å². The van der Waals surface area contributed by atoms with Crippen LogP contribution >= 0.6 is 7.60 Å². The average molecular weight is 502 g/mol. The Morgan fingerprint density at radius 3 is 2.71 bits per heavy atom. The third kappa shape index (κ3) is 5.86. The molecule has 0 bridgehead atoms. The molecule has 2 aromatic rings. The van der Waals surface area contributed by atoms with Crippen molar-refractivity contribution in [3.63, 3.8) is 0 Å². The van der Waals surface area contributed by atoms with Crippen molar-refractivity contribution in [3.05, 3.63) is 12.3 Å². The number of aliphatic hydroxyl groups is 2. The van der Waals surface area contributed by atoms with E-state index in [2.05, 4.69) is 20.0 Å². The molecule has 1 aliphatic heterocycles. The number of rotatable bonds is 11. The fraction of sp³-hybridized carbons (Fsp3) is 0.700. The largest absolute Gasteiger partial charge is 0.461 e. The second-order valence-corrected chi connectivity index (χ2v) is 10.2. The van der Waals surface area contributed by atoms with Crippen molar-refractivity contribution in [1.29, 1.82) is 0 Å². The van der Waals surface area contributed by atoms with Crippen molar-refractivity contribution in [3.8, 4) is 6.01 Å². The Labute approximate surface area is 196 Å². The van der Waals surface area contributed by atoms with Crippen LogP contribution in [0, 0.1) is 0 Å².